The zero-order valence-corrected chi connectivity index (χ0v) is 6.44. The summed E-state index contributed by atoms with van der Waals surface area (Å²) in [5.74, 6) is 0.775. The maximum atomic E-state index is 8.88. The van der Waals surface area contributed by atoms with Crippen LogP contribution < -0.4 is 5.32 Å². The minimum absolute atomic E-state index is 0.238. The summed E-state index contributed by atoms with van der Waals surface area (Å²) in [6.45, 7) is 5.27. The Bertz CT molecular complexity index is 216. The molecule has 1 aliphatic carbocycles. The van der Waals surface area contributed by atoms with Crippen LogP contribution in [0.5, 0.6) is 0 Å². The number of rotatable bonds is 0. The number of piperidine rings is 1. The fraction of sp³-hybridized carbons (Fsp3) is 0.875. The van der Waals surface area contributed by atoms with E-state index in [4.69, 9.17) is 5.26 Å². The number of nitrogens with one attached hydrogen (secondary N) is 1. The van der Waals surface area contributed by atoms with Gasteiger partial charge in [-0.2, -0.15) is 5.26 Å². The second kappa shape index (κ2) is 1.38. The molecule has 2 aliphatic rings. The van der Waals surface area contributed by atoms with Gasteiger partial charge in [0.2, 0.25) is 0 Å². The Kier molecular flexibility index (Phi) is 0.851. The van der Waals surface area contributed by atoms with E-state index in [0.717, 1.165) is 12.5 Å². The van der Waals surface area contributed by atoms with E-state index >= 15 is 0 Å². The molecule has 0 aromatic rings. The summed E-state index contributed by atoms with van der Waals surface area (Å²) in [7, 11) is 0. The number of nitriles is 1. The minimum atomic E-state index is -0.238. The quantitative estimate of drug-likeness (QED) is 0.537. The smallest absolute Gasteiger partial charge is 0.109 e. The Morgan fingerprint density at radius 3 is 2.50 bits per heavy atom. The fourth-order valence-corrected chi connectivity index (χ4v) is 2.06. The molecule has 2 rings (SSSR count). The molecule has 1 saturated heterocycles. The molecule has 54 valence electrons. The Balaban J connectivity index is 2.34. The predicted octanol–water partition coefficient (Wildman–Crippen LogP) is 0.898. The highest BCUT2D eigenvalue weighted by Crippen LogP contribution is 2.62. The second-order valence-electron chi connectivity index (χ2n) is 3.94. The first kappa shape index (κ1) is 6.18. The summed E-state index contributed by atoms with van der Waals surface area (Å²) < 4.78 is 0. The molecule has 2 fully saturated rings. The monoisotopic (exact) mass is 136 g/mol. The van der Waals surface area contributed by atoms with E-state index in [1.54, 1.807) is 0 Å². The molecule has 1 heterocycles. The molecule has 2 nitrogen and oxygen atoms in total. The first-order valence-corrected chi connectivity index (χ1v) is 3.79. The van der Waals surface area contributed by atoms with Crippen molar-refractivity contribution in [2.75, 3.05) is 6.54 Å². The van der Waals surface area contributed by atoms with Crippen molar-refractivity contribution in [3.8, 4) is 6.07 Å². The number of hydrogen-bond donors (Lipinski definition) is 1. The summed E-state index contributed by atoms with van der Waals surface area (Å²) in [5, 5.41) is 12.1. The van der Waals surface area contributed by atoms with E-state index in [1.165, 1.54) is 6.42 Å². The molecule has 0 aromatic carbocycles. The van der Waals surface area contributed by atoms with Crippen molar-refractivity contribution in [1.82, 2.24) is 5.32 Å². The van der Waals surface area contributed by atoms with Crippen molar-refractivity contribution in [3.63, 3.8) is 0 Å². The van der Waals surface area contributed by atoms with Crippen LogP contribution >= 0.6 is 0 Å². The molecule has 10 heavy (non-hydrogen) atoms. The largest absolute Gasteiger partial charge is 0.299 e. The molecule has 3 unspecified atom stereocenters. The molecule has 1 N–H and O–H groups in total. The standard InChI is InChI=1S/C8H12N2/c1-7-3-6(7)4-10-8(7,2)5-9/h6,10H,3-4H2,1-2H3. The average molecular weight is 136 g/mol. The maximum Gasteiger partial charge on any atom is 0.109 e. The molecule has 0 spiro atoms. The minimum Gasteiger partial charge on any atom is -0.299 e. The van der Waals surface area contributed by atoms with Crippen LogP contribution in [-0.2, 0) is 0 Å². The van der Waals surface area contributed by atoms with Gasteiger partial charge in [-0.1, -0.05) is 6.92 Å². The van der Waals surface area contributed by atoms with Crippen molar-refractivity contribution in [3.05, 3.63) is 0 Å². The van der Waals surface area contributed by atoms with Crippen LogP contribution in [0.2, 0.25) is 0 Å². The third kappa shape index (κ3) is 0.443. The van der Waals surface area contributed by atoms with Crippen LogP contribution in [0, 0.1) is 22.7 Å². The first-order chi connectivity index (χ1) is 4.62. The van der Waals surface area contributed by atoms with E-state index in [9.17, 15) is 0 Å². The molecule has 1 aliphatic heterocycles. The van der Waals surface area contributed by atoms with Gasteiger partial charge in [-0.3, -0.25) is 5.32 Å². The molecular weight excluding hydrogens is 124 g/mol. The van der Waals surface area contributed by atoms with E-state index in [1.807, 2.05) is 6.92 Å². The van der Waals surface area contributed by atoms with E-state index in [0.29, 0.717) is 5.41 Å². The van der Waals surface area contributed by atoms with Gasteiger partial charge in [0.05, 0.1) is 6.07 Å². The van der Waals surface area contributed by atoms with Crippen LogP contribution in [-0.4, -0.2) is 12.1 Å². The van der Waals surface area contributed by atoms with Crippen LogP contribution in [0.25, 0.3) is 0 Å². The summed E-state index contributed by atoms with van der Waals surface area (Å²) in [4.78, 5) is 0. The van der Waals surface area contributed by atoms with E-state index < -0.39 is 0 Å². The zero-order valence-electron chi connectivity index (χ0n) is 6.44. The molecule has 3 atom stereocenters. The van der Waals surface area contributed by atoms with Gasteiger partial charge in [0.25, 0.3) is 0 Å². The van der Waals surface area contributed by atoms with Gasteiger partial charge in [0, 0.05) is 12.0 Å². The van der Waals surface area contributed by atoms with Crippen LogP contribution in [0.1, 0.15) is 20.3 Å². The number of hydrogen-bond acceptors (Lipinski definition) is 2. The van der Waals surface area contributed by atoms with Crippen LogP contribution in [0.15, 0.2) is 0 Å². The third-order valence-corrected chi connectivity index (χ3v) is 3.48. The van der Waals surface area contributed by atoms with Crippen LogP contribution in [0.3, 0.4) is 0 Å². The highest BCUT2D eigenvalue weighted by molar-refractivity contribution is 5.27. The number of fused-ring (bicyclic) bond motifs is 1. The lowest BCUT2D eigenvalue weighted by Crippen LogP contribution is -2.43. The summed E-state index contributed by atoms with van der Waals surface area (Å²) in [5.41, 5.74) is 0.0550. The predicted molar refractivity (Wildman–Crippen MR) is 38.2 cm³/mol. The van der Waals surface area contributed by atoms with Gasteiger partial charge in [-0.05, 0) is 19.3 Å². The molecule has 1 saturated carbocycles. The van der Waals surface area contributed by atoms with Crippen molar-refractivity contribution >= 4 is 0 Å². The van der Waals surface area contributed by atoms with Crippen molar-refractivity contribution in [1.29, 1.82) is 5.26 Å². The Morgan fingerprint density at radius 2 is 2.30 bits per heavy atom. The number of nitrogens with zero attached hydrogens (tertiary/aromatic N) is 1. The Hall–Kier alpha value is -0.550. The fourth-order valence-electron chi connectivity index (χ4n) is 2.06. The summed E-state index contributed by atoms with van der Waals surface area (Å²) in [6, 6.07) is 2.36. The van der Waals surface area contributed by atoms with Gasteiger partial charge in [0.15, 0.2) is 0 Å². The Morgan fingerprint density at radius 1 is 1.60 bits per heavy atom. The highest BCUT2D eigenvalue weighted by atomic mass is 15.1. The SMILES string of the molecule is CC1(C#N)NCC2CC21C. The summed E-state index contributed by atoms with van der Waals surface area (Å²) >= 11 is 0. The van der Waals surface area contributed by atoms with Gasteiger partial charge >= 0.3 is 0 Å². The molecular formula is C8H12N2. The van der Waals surface area contributed by atoms with Crippen LogP contribution in [0.4, 0.5) is 0 Å². The normalized spacial score (nSPS) is 57.5. The molecule has 2 heteroatoms. The van der Waals surface area contributed by atoms with Crippen molar-refractivity contribution < 1.29 is 0 Å². The van der Waals surface area contributed by atoms with E-state index in [-0.39, 0.29) is 5.54 Å². The Labute approximate surface area is 61.2 Å². The molecule has 0 radical (unpaired) electrons. The van der Waals surface area contributed by atoms with Gasteiger partial charge in [-0.15, -0.1) is 0 Å². The topological polar surface area (TPSA) is 35.8 Å². The highest BCUT2D eigenvalue weighted by Gasteiger charge is 2.66. The van der Waals surface area contributed by atoms with Gasteiger partial charge in [-0.25, -0.2) is 0 Å². The summed E-state index contributed by atoms with van der Waals surface area (Å²) in [6.07, 6.45) is 1.24. The van der Waals surface area contributed by atoms with Crippen molar-refractivity contribution in [2.45, 2.75) is 25.8 Å². The molecule has 0 aromatic heterocycles. The average Bonchev–Trinajstić information content (AvgIpc) is 2.53. The molecule has 0 bridgehead atoms. The lowest BCUT2D eigenvalue weighted by Gasteiger charge is -2.24. The third-order valence-electron chi connectivity index (χ3n) is 3.48. The second-order valence-corrected chi connectivity index (χ2v) is 3.94. The van der Waals surface area contributed by atoms with Crippen molar-refractivity contribution in [2.24, 2.45) is 11.3 Å². The lowest BCUT2D eigenvalue weighted by molar-refractivity contribution is 0.352. The maximum absolute atomic E-state index is 8.88. The van der Waals surface area contributed by atoms with Gasteiger partial charge in [0.1, 0.15) is 5.54 Å². The molecule has 0 amide bonds. The van der Waals surface area contributed by atoms with Gasteiger partial charge < -0.3 is 0 Å². The lowest BCUT2D eigenvalue weighted by atomic mass is 9.86. The van der Waals surface area contributed by atoms with E-state index in [2.05, 4.69) is 18.3 Å². The zero-order chi connectivity index (χ0) is 7.41. The first-order valence-electron chi connectivity index (χ1n) is 3.79.